The number of ether oxygens (including phenoxy) is 1. The van der Waals surface area contributed by atoms with Gasteiger partial charge in [0.2, 0.25) is 5.82 Å². The first-order chi connectivity index (χ1) is 8.27. The van der Waals surface area contributed by atoms with Crippen LogP contribution in [0.4, 0.5) is 8.78 Å². The molecule has 3 nitrogen and oxygen atoms in total. The molecule has 0 aromatic heterocycles. The van der Waals surface area contributed by atoms with Gasteiger partial charge in [0.15, 0.2) is 11.6 Å². The zero-order valence-corrected chi connectivity index (χ0v) is 11.5. The largest absolute Gasteiger partial charge is 0.490 e. The minimum Gasteiger partial charge on any atom is -0.490 e. The van der Waals surface area contributed by atoms with Crippen molar-refractivity contribution < 1.29 is 21.9 Å². The van der Waals surface area contributed by atoms with E-state index in [0.29, 0.717) is 0 Å². The van der Waals surface area contributed by atoms with E-state index in [-0.39, 0.29) is 18.3 Å². The van der Waals surface area contributed by atoms with Crippen LogP contribution in [0.15, 0.2) is 17.0 Å². The Morgan fingerprint density at radius 3 is 2.44 bits per heavy atom. The Morgan fingerprint density at radius 1 is 1.33 bits per heavy atom. The molecule has 18 heavy (non-hydrogen) atoms. The highest BCUT2D eigenvalue weighted by molar-refractivity contribution is 8.13. The summed E-state index contributed by atoms with van der Waals surface area (Å²) in [4.78, 5) is -0.891. The highest BCUT2D eigenvalue weighted by Gasteiger charge is 2.22. The molecule has 1 unspecified atom stereocenters. The van der Waals surface area contributed by atoms with Crippen molar-refractivity contribution in [1.29, 1.82) is 0 Å². The zero-order chi connectivity index (χ0) is 13.9. The molecule has 1 aromatic carbocycles. The number of hydrogen-bond donors (Lipinski definition) is 0. The quantitative estimate of drug-likeness (QED) is 0.783. The molecule has 1 atom stereocenters. The van der Waals surface area contributed by atoms with Gasteiger partial charge in [0.25, 0.3) is 9.05 Å². The minimum absolute atomic E-state index is 0.184. The predicted octanol–water partition coefficient (Wildman–Crippen LogP) is 3.32. The molecule has 0 N–H and O–H groups in total. The summed E-state index contributed by atoms with van der Waals surface area (Å²) in [5.74, 6) is -3.01. The van der Waals surface area contributed by atoms with Crippen LogP contribution in [-0.2, 0) is 9.05 Å². The second kappa shape index (κ2) is 5.84. The van der Waals surface area contributed by atoms with Gasteiger partial charge in [-0.2, -0.15) is 4.39 Å². The van der Waals surface area contributed by atoms with Crippen molar-refractivity contribution in [2.45, 2.75) is 25.2 Å². The van der Waals surface area contributed by atoms with Crippen molar-refractivity contribution in [3.05, 3.63) is 23.8 Å². The van der Waals surface area contributed by atoms with Crippen LogP contribution in [-0.4, -0.2) is 15.0 Å². The van der Waals surface area contributed by atoms with Crippen LogP contribution in [0.3, 0.4) is 0 Å². The summed E-state index contributed by atoms with van der Waals surface area (Å²) in [5, 5.41) is 0. The van der Waals surface area contributed by atoms with E-state index in [1.807, 2.05) is 13.8 Å². The van der Waals surface area contributed by atoms with Crippen LogP contribution >= 0.6 is 10.7 Å². The first-order valence-corrected chi connectivity index (χ1v) is 7.63. The van der Waals surface area contributed by atoms with Gasteiger partial charge in [-0.1, -0.05) is 20.3 Å². The fourth-order valence-electron chi connectivity index (χ4n) is 1.16. The summed E-state index contributed by atoms with van der Waals surface area (Å²) in [7, 11) is 0.656. The van der Waals surface area contributed by atoms with E-state index in [9.17, 15) is 17.2 Å². The summed E-state index contributed by atoms with van der Waals surface area (Å²) in [6.07, 6.45) is 0.832. The molecular formula is C11H13ClF2O3S. The summed E-state index contributed by atoms with van der Waals surface area (Å²) in [6, 6.07) is 1.93. The SMILES string of the molecule is CCC(C)COc1ccc(S(=O)(=O)Cl)c(F)c1F. The van der Waals surface area contributed by atoms with Gasteiger partial charge in [0, 0.05) is 10.7 Å². The van der Waals surface area contributed by atoms with Gasteiger partial charge in [0.1, 0.15) is 4.90 Å². The van der Waals surface area contributed by atoms with Crippen LogP contribution < -0.4 is 4.74 Å². The number of benzene rings is 1. The second-order valence-electron chi connectivity index (χ2n) is 3.95. The van der Waals surface area contributed by atoms with Crippen LogP contribution in [0.25, 0.3) is 0 Å². The van der Waals surface area contributed by atoms with E-state index in [1.165, 1.54) is 0 Å². The smallest absolute Gasteiger partial charge is 0.264 e. The van der Waals surface area contributed by atoms with Gasteiger partial charge in [0.05, 0.1) is 6.61 Å². The molecule has 1 aromatic rings. The lowest BCUT2D eigenvalue weighted by atomic mass is 10.1. The monoisotopic (exact) mass is 298 g/mol. The molecule has 0 heterocycles. The first kappa shape index (κ1) is 15.2. The van der Waals surface area contributed by atoms with E-state index in [4.69, 9.17) is 15.4 Å². The van der Waals surface area contributed by atoms with Crippen molar-refractivity contribution in [1.82, 2.24) is 0 Å². The van der Waals surface area contributed by atoms with Gasteiger partial charge >= 0.3 is 0 Å². The molecule has 0 amide bonds. The zero-order valence-electron chi connectivity index (χ0n) is 9.91. The first-order valence-electron chi connectivity index (χ1n) is 5.32. The molecule has 7 heteroatoms. The van der Waals surface area contributed by atoms with Crippen LogP contribution in [0.5, 0.6) is 5.75 Å². The Morgan fingerprint density at radius 2 is 1.94 bits per heavy atom. The van der Waals surface area contributed by atoms with E-state index in [1.54, 1.807) is 0 Å². The second-order valence-corrected chi connectivity index (χ2v) is 6.49. The van der Waals surface area contributed by atoms with E-state index in [0.717, 1.165) is 18.6 Å². The normalized spacial score (nSPS) is 13.4. The van der Waals surface area contributed by atoms with Gasteiger partial charge in [-0.15, -0.1) is 0 Å². The van der Waals surface area contributed by atoms with E-state index < -0.39 is 25.6 Å². The summed E-state index contributed by atoms with van der Waals surface area (Å²) >= 11 is 0. The fraction of sp³-hybridized carbons (Fsp3) is 0.455. The molecular weight excluding hydrogens is 286 g/mol. The lowest BCUT2D eigenvalue weighted by molar-refractivity contribution is 0.242. The maximum Gasteiger partial charge on any atom is 0.264 e. The van der Waals surface area contributed by atoms with E-state index in [2.05, 4.69) is 0 Å². The van der Waals surface area contributed by atoms with Crippen LogP contribution in [0, 0.1) is 17.6 Å². The lowest BCUT2D eigenvalue weighted by Crippen LogP contribution is -2.09. The third-order valence-electron chi connectivity index (χ3n) is 2.49. The molecule has 0 aliphatic rings. The topological polar surface area (TPSA) is 43.4 Å². The molecule has 0 bridgehead atoms. The number of hydrogen-bond acceptors (Lipinski definition) is 3. The lowest BCUT2D eigenvalue weighted by Gasteiger charge is -2.12. The van der Waals surface area contributed by atoms with Crippen LogP contribution in [0.1, 0.15) is 20.3 Å². The molecule has 1 rings (SSSR count). The standard InChI is InChI=1S/C11H13ClF2O3S/c1-3-7(2)6-17-8-4-5-9(18(12,15)16)11(14)10(8)13/h4-5,7H,3,6H2,1-2H3. The average Bonchev–Trinajstić information content (AvgIpc) is 2.28. The molecule has 0 saturated carbocycles. The Labute approximate surface area is 109 Å². The highest BCUT2D eigenvalue weighted by atomic mass is 35.7. The van der Waals surface area contributed by atoms with Crippen molar-refractivity contribution in [2.75, 3.05) is 6.61 Å². The Kier molecular flexibility index (Phi) is 4.92. The van der Waals surface area contributed by atoms with Crippen molar-refractivity contribution in [3.63, 3.8) is 0 Å². The van der Waals surface area contributed by atoms with Gasteiger partial charge in [-0.05, 0) is 18.1 Å². The van der Waals surface area contributed by atoms with Gasteiger partial charge < -0.3 is 4.74 Å². The van der Waals surface area contributed by atoms with Gasteiger partial charge in [-0.25, -0.2) is 12.8 Å². The summed E-state index contributed by atoms with van der Waals surface area (Å²) < 4.78 is 53.9. The van der Waals surface area contributed by atoms with E-state index >= 15 is 0 Å². The van der Waals surface area contributed by atoms with Crippen molar-refractivity contribution >= 4 is 19.7 Å². The maximum atomic E-state index is 13.5. The highest BCUT2D eigenvalue weighted by Crippen LogP contribution is 2.27. The Hall–Kier alpha value is -0.880. The third kappa shape index (κ3) is 3.55. The number of halogens is 3. The Bertz CT molecular complexity index is 531. The van der Waals surface area contributed by atoms with Crippen molar-refractivity contribution in [2.24, 2.45) is 5.92 Å². The maximum absolute atomic E-state index is 13.5. The fourth-order valence-corrected chi connectivity index (χ4v) is 2.06. The van der Waals surface area contributed by atoms with Gasteiger partial charge in [-0.3, -0.25) is 0 Å². The average molecular weight is 299 g/mol. The summed E-state index contributed by atoms with van der Waals surface area (Å²) in [5.41, 5.74) is 0. The molecule has 0 aliphatic carbocycles. The molecule has 0 fully saturated rings. The minimum atomic E-state index is -4.31. The molecule has 102 valence electrons. The third-order valence-corrected chi connectivity index (χ3v) is 3.83. The Balaban J connectivity index is 3.02. The molecule has 0 aliphatic heterocycles. The van der Waals surface area contributed by atoms with Crippen LogP contribution in [0.2, 0.25) is 0 Å². The number of rotatable bonds is 5. The molecule has 0 saturated heterocycles. The molecule has 0 spiro atoms. The molecule has 0 radical (unpaired) electrons. The van der Waals surface area contributed by atoms with Crippen molar-refractivity contribution in [3.8, 4) is 5.75 Å². The predicted molar refractivity (Wildman–Crippen MR) is 64.3 cm³/mol. The summed E-state index contributed by atoms with van der Waals surface area (Å²) in [6.45, 7) is 4.06.